The van der Waals surface area contributed by atoms with Gasteiger partial charge in [-0.3, -0.25) is 10.1 Å². The summed E-state index contributed by atoms with van der Waals surface area (Å²) in [5, 5.41) is 14.2. The number of nitrogens with zero attached hydrogens (tertiary/aromatic N) is 2. The summed E-state index contributed by atoms with van der Waals surface area (Å²) in [5.74, 6) is 0.281. The predicted molar refractivity (Wildman–Crippen MR) is 80.7 cm³/mol. The number of nitro benzene ring substituents is 1. The van der Waals surface area contributed by atoms with Crippen LogP contribution in [0.3, 0.4) is 0 Å². The Morgan fingerprint density at radius 1 is 1.33 bits per heavy atom. The van der Waals surface area contributed by atoms with Gasteiger partial charge in [0, 0.05) is 39.4 Å². The van der Waals surface area contributed by atoms with Gasteiger partial charge in [-0.15, -0.1) is 0 Å². The average Bonchev–Trinajstić information content (AvgIpc) is 2.49. The molecule has 7 heteroatoms. The van der Waals surface area contributed by atoms with Crippen molar-refractivity contribution in [3.05, 3.63) is 33.9 Å². The van der Waals surface area contributed by atoms with Gasteiger partial charge in [0.15, 0.2) is 5.75 Å². The molecule has 0 fully saturated rings. The molecule has 1 aromatic carbocycles. The van der Waals surface area contributed by atoms with Gasteiger partial charge in [-0.2, -0.15) is 0 Å². The van der Waals surface area contributed by atoms with E-state index in [1.165, 1.54) is 7.11 Å². The Morgan fingerprint density at radius 3 is 2.71 bits per heavy atom. The molecular weight excluding hydrogens is 274 g/mol. The normalized spacial score (nSPS) is 10.9. The van der Waals surface area contributed by atoms with Crippen LogP contribution in [-0.2, 0) is 11.3 Å². The molecule has 0 aliphatic carbocycles. The van der Waals surface area contributed by atoms with Crippen molar-refractivity contribution in [3.63, 3.8) is 0 Å². The smallest absolute Gasteiger partial charge is 0.311 e. The fourth-order valence-corrected chi connectivity index (χ4v) is 1.85. The SMILES string of the molecule is COCCN(C)CCNCc1ccc(OC)c([N+](=O)[O-])c1. The lowest BCUT2D eigenvalue weighted by molar-refractivity contribution is -0.385. The average molecular weight is 297 g/mol. The summed E-state index contributed by atoms with van der Waals surface area (Å²) in [6.45, 7) is 3.87. The van der Waals surface area contributed by atoms with Crippen molar-refractivity contribution in [2.24, 2.45) is 0 Å². The van der Waals surface area contributed by atoms with Crippen LogP contribution in [0, 0.1) is 10.1 Å². The van der Waals surface area contributed by atoms with Crippen molar-refractivity contribution in [1.82, 2.24) is 10.2 Å². The van der Waals surface area contributed by atoms with Gasteiger partial charge < -0.3 is 19.7 Å². The molecule has 7 nitrogen and oxygen atoms in total. The number of hydrogen-bond acceptors (Lipinski definition) is 6. The van der Waals surface area contributed by atoms with Crippen molar-refractivity contribution in [3.8, 4) is 5.75 Å². The summed E-state index contributed by atoms with van der Waals surface area (Å²) in [7, 11) is 5.14. The molecule has 0 saturated heterocycles. The monoisotopic (exact) mass is 297 g/mol. The first-order valence-electron chi connectivity index (χ1n) is 6.78. The second kappa shape index (κ2) is 9.28. The lowest BCUT2D eigenvalue weighted by atomic mass is 10.2. The lowest BCUT2D eigenvalue weighted by Gasteiger charge is -2.16. The summed E-state index contributed by atoms with van der Waals surface area (Å²) in [6, 6.07) is 4.99. The molecule has 1 aromatic rings. The first-order chi connectivity index (χ1) is 10.1. The van der Waals surface area contributed by atoms with Crippen molar-refractivity contribution in [1.29, 1.82) is 0 Å². The topological polar surface area (TPSA) is 76.9 Å². The molecule has 0 aromatic heterocycles. The molecule has 0 heterocycles. The van der Waals surface area contributed by atoms with Crippen LogP contribution < -0.4 is 10.1 Å². The highest BCUT2D eigenvalue weighted by molar-refractivity contribution is 5.48. The van der Waals surface area contributed by atoms with E-state index >= 15 is 0 Å². The standard InChI is InChI=1S/C14H23N3O4/c1-16(8-9-20-2)7-6-15-11-12-4-5-14(21-3)13(10-12)17(18)19/h4-5,10,15H,6-9,11H2,1-3H3. The van der Waals surface area contributed by atoms with Crippen LogP contribution >= 0.6 is 0 Å². The maximum Gasteiger partial charge on any atom is 0.311 e. The van der Waals surface area contributed by atoms with Gasteiger partial charge >= 0.3 is 5.69 Å². The molecule has 118 valence electrons. The number of ether oxygens (including phenoxy) is 2. The number of hydrogen-bond donors (Lipinski definition) is 1. The highest BCUT2D eigenvalue weighted by Gasteiger charge is 2.14. The molecule has 1 N–H and O–H groups in total. The molecule has 0 saturated carbocycles. The molecule has 0 unspecified atom stereocenters. The van der Waals surface area contributed by atoms with E-state index in [0.717, 1.165) is 25.2 Å². The summed E-state index contributed by atoms with van der Waals surface area (Å²) in [4.78, 5) is 12.7. The third kappa shape index (κ3) is 6.07. The number of methoxy groups -OCH3 is 2. The number of rotatable bonds is 10. The minimum atomic E-state index is -0.430. The van der Waals surface area contributed by atoms with Crippen LogP contribution in [0.2, 0.25) is 0 Å². The Hall–Kier alpha value is -1.70. The largest absolute Gasteiger partial charge is 0.490 e. The van der Waals surface area contributed by atoms with Crippen molar-refractivity contribution >= 4 is 5.69 Å². The van der Waals surface area contributed by atoms with Crippen LogP contribution in [0.5, 0.6) is 5.75 Å². The minimum absolute atomic E-state index is 0.00554. The minimum Gasteiger partial charge on any atom is -0.490 e. The molecule has 0 spiro atoms. The van der Waals surface area contributed by atoms with Crippen molar-refractivity contribution in [2.75, 3.05) is 47.5 Å². The van der Waals surface area contributed by atoms with Crippen LogP contribution in [0.25, 0.3) is 0 Å². The van der Waals surface area contributed by atoms with Crippen molar-refractivity contribution < 1.29 is 14.4 Å². The Bertz CT molecular complexity index is 454. The fourth-order valence-electron chi connectivity index (χ4n) is 1.85. The molecule has 0 bridgehead atoms. The van der Waals surface area contributed by atoms with Crippen LogP contribution in [0.1, 0.15) is 5.56 Å². The number of nitro groups is 1. The molecule has 0 aliphatic rings. The molecular formula is C14H23N3O4. The van der Waals surface area contributed by atoms with E-state index in [0.29, 0.717) is 13.2 Å². The second-order valence-corrected chi connectivity index (χ2v) is 4.74. The molecule has 0 amide bonds. The molecule has 0 aliphatic heterocycles. The van der Waals surface area contributed by atoms with E-state index in [1.54, 1.807) is 19.2 Å². The van der Waals surface area contributed by atoms with Gasteiger partial charge in [-0.1, -0.05) is 6.07 Å². The Labute approximate surface area is 125 Å². The third-order valence-electron chi connectivity index (χ3n) is 3.12. The fraction of sp³-hybridized carbons (Fsp3) is 0.571. The van der Waals surface area contributed by atoms with Gasteiger partial charge in [0.25, 0.3) is 0 Å². The van der Waals surface area contributed by atoms with Gasteiger partial charge in [0.1, 0.15) is 0 Å². The van der Waals surface area contributed by atoms with Gasteiger partial charge in [-0.25, -0.2) is 0 Å². The zero-order valence-corrected chi connectivity index (χ0v) is 12.8. The quantitative estimate of drug-likeness (QED) is 0.398. The Kier molecular flexibility index (Phi) is 7.66. The van der Waals surface area contributed by atoms with E-state index in [4.69, 9.17) is 9.47 Å². The summed E-state index contributed by atoms with van der Waals surface area (Å²) in [5.41, 5.74) is 0.857. The van der Waals surface area contributed by atoms with E-state index in [9.17, 15) is 10.1 Å². The lowest BCUT2D eigenvalue weighted by Crippen LogP contribution is -2.31. The van der Waals surface area contributed by atoms with Gasteiger partial charge in [0.05, 0.1) is 18.6 Å². The van der Waals surface area contributed by atoms with Gasteiger partial charge in [-0.05, 0) is 18.7 Å². The van der Waals surface area contributed by atoms with Crippen molar-refractivity contribution in [2.45, 2.75) is 6.54 Å². The maximum atomic E-state index is 10.9. The summed E-state index contributed by atoms with van der Waals surface area (Å²) in [6.07, 6.45) is 0. The summed E-state index contributed by atoms with van der Waals surface area (Å²) < 4.78 is 9.98. The number of likely N-dealkylation sites (N-methyl/N-ethyl adjacent to an activating group) is 1. The summed E-state index contributed by atoms with van der Waals surface area (Å²) >= 11 is 0. The number of benzene rings is 1. The van der Waals surface area contributed by atoms with E-state index in [-0.39, 0.29) is 11.4 Å². The zero-order chi connectivity index (χ0) is 15.7. The molecule has 1 rings (SSSR count). The van der Waals surface area contributed by atoms with Crippen LogP contribution in [0.15, 0.2) is 18.2 Å². The first-order valence-corrected chi connectivity index (χ1v) is 6.78. The van der Waals surface area contributed by atoms with E-state index in [2.05, 4.69) is 10.2 Å². The highest BCUT2D eigenvalue weighted by Crippen LogP contribution is 2.27. The zero-order valence-electron chi connectivity index (χ0n) is 12.8. The van der Waals surface area contributed by atoms with Gasteiger partial charge in [0.2, 0.25) is 0 Å². The van der Waals surface area contributed by atoms with Crippen LogP contribution in [0.4, 0.5) is 5.69 Å². The van der Waals surface area contributed by atoms with E-state index in [1.807, 2.05) is 13.1 Å². The van der Waals surface area contributed by atoms with E-state index < -0.39 is 4.92 Å². The third-order valence-corrected chi connectivity index (χ3v) is 3.12. The highest BCUT2D eigenvalue weighted by atomic mass is 16.6. The molecule has 21 heavy (non-hydrogen) atoms. The number of nitrogens with one attached hydrogen (secondary N) is 1. The predicted octanol–water partition coefficient (Wildman–Crippen LogP) is 1.27. The first kappa shape index (κ1) is 17.4. The maximum absolute atomic E-state index is 10.9. The second-order valence-electron chi connectivity index (χ2n) is 4.74. The van der Waals surface area contributed by atoms with Crippen LogP contribution in [-0.4, -0.2) is 57.3 Å². The Balaban J connectivity index is 2.42. The molecule has 0 atom stereocenters. The Morgan fingerprint density at radius 2 is 2.10 bits per heavy atom. The molecule has 0 radical (unpaired) electrons.